The number of nitrogens with one attached hydrogen (secondary N) is 1. The van der Waals surface area contributed by atoms with Gasteiger partial charge in [0, 0.05) is 12.0 Å². The summed E-state index contributed by atoms with van der Waals surface area (Å²) in [7, 11) is -3.61. The molecule has 21 heavy (non-hydrogen) atoms. The molecule has 112 valence electrons. The van der Waals surface area contributed by atoms with E-state index >= 15 is 0 Å². The average Bonchev–Trinajstić information content (AvgIpc) is 2.99. The second-order valence-corrected chi connectivity index (χ2v) is 6.37. The number of ketones is 1. The molecule has 0 aliphatic carbocycles. The van der Waals surface area contributed by atoms with Crippen molar-refractivity contribution in [2.24, 2.45) is 0 Å². The first-order valence-corrected chi connectivity index (χ1v) is 8.16. The van der Waals surface area contributed by atoms with E-state index in [0.29, 0.717) is 17.7 Å². The highest BCUT2D eigenvalue weighted by molar-refractivity contribution is 7.89. The van der Waals surface area contributed by atoms with Crippen molar-refractivity contribution in [2.75, 3.05) is 0 Å². The van der Waals surface area contributed by atoms with Crippen LogP contribution in [0.3, 0.4) is 0 Å². The Hall–Kier alpha value is -1.92. The molecule has 0 amide bonds. The summed E-state index contributed by atoms with van der Waals surface area (Å²) in [5.41, 5.74) is 0.529. The van der Waals surface area contributed by atoms with Gasteiger partial charge in [0.05, 0.1) is 17.7 Å². The lowest BCUT2D eigenvalue weighted by Gasteiger charge is -2.06. The molecule has 0 fully saturated rings. The topological polar surface area (TPSA) is 76.4 Å². The monoisotopic (exact) mass is 307 g/mol. The van der Waals surface area contributed by atoms with Gasteiger partial charge in [0.2, 0.25) is 10.0 Å². The minimum absolute atomic E-state index is 0.0185. The highest BCUT2D eigenvalue weighted by Crippen LogP contribution is 2.13. The predicted octanol–water partition coefficient (Wildman–Crippen LogP) is 2.74. The fourth-order valence-corrected chi connectivity index (χ4v) is 2.85. The summed E-state index contributed by atoms with van der Waals surface area (Å²) < 4.78 is 31.7. The van der Waals surface area contributed by atoms with Gasteiger partial charge in [-0.3, -0.25) is 4.79 Å². The molecule has 1 aromatic heterocycles. The second-order valence-electron chi connectivity index (χ2n) is 4.60. The summed E-state index contributed by atoms with van der Waals surface area (Å²) in [6.45, 7) is 2.02. The summed E-state index contributed by atoms with van der Waals surface area (Å²) in [5, 5.41) is 0. The van der Waals surface area contributed by atoms with Crippen LogP contribution in [-0.4, -0.2) is 14.2 Å². The van der Waals surface area contributed by atoms with Crippen molar-refractivity contribution in [2.45, 2.75) is 31.2 Å². The third-order valence-electron chi connectivity index (χ3n) is 2.98. The minimum Gasteiger partial charge on any atom is -0.468 e. The highest BCUT2D eigenvalue weighted by atomic mass is 32.2. The zero-order valence-electron chi connectivity index (χ0n) is 11.7. The standard InChI is InChI=1S/C15H17NO4S/c1-2-4-15(17)12-6-8-14(9-7-12)21(18,19)16-11-13-5-3-10-20-13/h3,5-10,16H,2,4,11H2,1H3. The van der Waals surface area contributed by atoms with Gasteiger partial charge < -0.3 is 4.42 Å². The first kappa shape index (κ1) is 15.5. The van der Waals surface area contributed by atoms with E-state index in [1.807, 2.05) is 6.92 Å². The van der Waals surface area contributed by atoms with Crippen LogP contribution in [0.15, 0.2) is 52.0 Å². The van der Waals surface area contributed by atoms with Gasteiger partial charge >= 0.3 is 0 Å². The number of hydrogen-bond acceptors (Lipinski definition) is 4. The molecule has 2 aromatic rings. The smallest absolute Gasteiger partial charge is 0.240 e. The molecule has 0 aliphatic heterocycles. The number of carbonyl (C=O) groups excluding carboxylic acids is 1. The van der Waals surface area contributed by atoms with Gasteiger partial charge in [-0.1, -0.05) is 19.1 Å². The Morgan fingerprint density at radius 3 is 2.48 bits per heavy atom. The first-order chi connectivity index (χ1) is 10.0. The molecule has 1 heterocycles. The van der Waals surface area contributed by atoms with Crippen molar-refractivity contribution < 1.29 is 17.6 Å². The predicted molar refractivity (Wildman–Crippen MR) is 78.4 cm³/mol. The van der Waals surface area contributed by atoms with Gasteiger partial charge in [-0.15, -0.1) is 0 Å². The van der Waals surface area contributed by atoms with Crippen LogP contribution in [0.5, 0.6) is 0 Å². The van der Waals surface area contributed by atoms with Crippen LogP contribution in [-0.2, 0) is 16.6 Å². The molecule has 2 rings (SSSR count). The Morgan fingerprint density at radius 1 is 1.19 bits per heavy atom. The Balaban J connectivity index is 2.08. The van der Waals surface area contributed by atoms with Crippen LogP contribution in [0.2, 0.25) is 0 Å². The lowest BCUT2D eigenvalue weighted by molar-refractivity contribution is 0.0981. The van der Waals surface area contributed by atoms with E-state index in [0.717, 1.165) is 6.42 Å². The summed E-state index contributed by atoms with van der Waals surface area (Å²) in [4.78, 5) is 11.8. The van der Waals surface area contributed by atoms with Gasteiger partial charge in [-0.25, -0.2) is 13.1 Å². The van der Waals surface area contributed by atoms with Crippen LogP contribution in [0, 0.1) is 0 Å². The number of carbonyl (C=O) groups is 1. The number of benzene rings is 1. The van der Waals surface area contributed by atoms with E-state index in [1.165, 1.54) is 18.4 Å². The van der Waals surface area contributed by atoms with E-state index < -0.39 is 10.0 Å². The van der Waals surface area contributed by atoms with Gasteiger partial charge in [-0.2, -0.15) is 0 Å². The lowest BCUT2D eigenvalue weighted by Crippen LogP contribution is -2.23. The molecule has 0 atom stereocenters. The Kier molecular flexibility index (Phi) is 4.93. The van der Waals surface area contributed by atoms with Crippen LogP contribution < -0.4 is 4.72 Å². The maximum atomic E-state index is 12.1. The summed E-state index contributed by atoms with van der Waals surface area (Å²) in [6, 6.07) is 9.34. The van der Waals surface area contributed by atoms with Crippen molar-refractivity contribution in [3.8, 4) is 0 Å². The van der Waals surface area contributed by atoms with E-state index in [-0.39, 0.29) is 17.2 Å². The number of rotatable bonds is 7. The number of sulfonamides is 1. The summed E-state index contributed by atoms with van der Waals surface area (Å²) >= 11 is 0. The molecule has 0 saturated carbocycles. The second kappa shape index (κ2) is 6.69. The normalized spacial score (nSPS) is 11.5. The van der Waals surface area contributed by atoms with Crippen molar-refractivity contribution in [3.63, 3.8) is 0 Å². The minimum atomic E-state index is -3.61. The van der Waals surface area contributed by atoms with E-state index in [9.17, 15) is 13.2 Å². The molecule has 6 heteroatoms. The van der Waals surface area contributed by atoms with E-state index in [2.05, 4.69) is 4.72 Å². The third kappa shape index (κ3) is 4.03. The molecular weight excluding hydrogens is 290 g/mol. The first-order valence-electron chi connectivity index (χ1n) is 6.68. The quantitative estimate of drug-likeness (QED) is 0.798. The molecule has 0 spiro atoms. The van der Waals surface area contributed by atoms with E-state index in [4.69, 9.17) is 4.42 Å². The van der Waals surface area contributed by atoms with Gasteiger partial charge in [-0.05, 0) is 30.7 Å². The number of Topliss-reactive ketones (excluding diaryl/α,β-unsaturated/α-hetero) is 1. The third-order valence-corrected chi connectivity index (χ3v) is 4.40. The molecule has 5 nitrogen and oxygen atoms in total. The molecule has 0 aliphatic rings. The molecule has 0 bridgehead atoms. The number of furan rings is 1. The molecule has 1 aromatic carbocycles. The summed E-state index contributed by atoms with van der Waals surface area (Å²) in [6.07, 6.45) is 2.71. The Labute approximate surface area is 124 Å². The number of hydrogen-bond donors (Lipinski definition) is 1. The fraction of sp³-hybridized carbons (Fsp3) is 0.267. The molecular formula is C15H17NO4S. The summed E-state index contributed by atoms with van der Waals surface area (Å²) in [5.74, 6) is 0.554. The van der Waals surface area contributed by atoms with Crippen LogP contribution >= 0.6 is 0 Å². The Bertz CT molecular complexity index is 688. The van der Waals surface area contributed by atoms with Crippen LogP contribution in [0.1, 0.15) is 35.9 Å². The Morgan fingerprint density at radius 2 is 1.90 bits per heavy atom. The largest absolute Gasteiger partial charge is 0.468 e. The van der Waals surface area contributed by atoms with Crippen molar-refractivity contribution in [1.82, 2.24) is 4.72 Å². The van der Waals surface area contributed by atoms with E-state index in [1.54, 1.807) is 24.3 Å². The molecule has 0 radical (unpaired) electrons. The molecule has 1 N–H and O–H groups in total. The lowest BCUT2D eigenvalue weighted by atomic mass is 10.1. The van der Waals surface area contributed by atoms with Crippen LogP contribution in [0.4, 0.5) is 0 Å². The van der Waals surface area contributed by atoms with Crippen molar-refractivity contribution in [3.05, 3.63) is 54.0 Å². The van der Waals surface area contributed by atoms with Gasteiger partial charge in [0.25, 0.3) is 0 Å². The molecule has 0 unspecified atom stereocenters. The SMILES string of the molecule is CCCC(=O)c1ccc(S(=O)(=O)NCc2ccco2)cc1. The van der Waals surface area contributed by atoms with Crippen LogP contribution in [0.25, 0.3) is 0 Å². The van der Waals surface area contributed by atoms with Crippen molar-refractivity contribution in [1.29, 1.82) is 0 Å². The molecule has 0 saturated heterocycles. The van der Waals surface area contributed by atoms with Gasteiger partial charge in [0.1, 0.15) is 5.76 Å². The zero-order chi connectivity index (χ0) is 15.3. The highest BCUT2D eigenvalue weighted by Gasteiger charge is 2.15. The van der Waals surface area contributed by atoms with Gasteiger partial charge in [0.15, 0.2) is 5.78 Å². The zero-order valence-corrected chi connectivity index (χ0v) is 12.5. The maximum Gasteiger partial charge on any atom is 0.240 e. The average molecular weight is 307 g/mol. The fourth-order valence-electron chi connectivity index (χ4n) is 1.85. The maximum absolute atomic E-state index is 12.1. The van der Waals surface area contributed by atoms with Crippen molar-refractivity contribution >= 4 is 15.8 Å².